The van der Waals surface area contributed by atoms with E-state index in [0.717, 1.165) is 18.4 Å². The topological polar surface area (TPSA) is 23.5 Å². The van der Waals surface area contributed by atoms with E-state index in [1.54, 1.807) is 0 Å². The van der Waals surface area contributed by atoms with E-state index in [2.05, 4.69) is 44.9 Å². The molecule has 1 unspecified atom stereocenters. The van der Waals surface area contributed by atoms with Crippen molar-refractivity contribution in [2.75, 3.05) is 13.6 Å². The van der Waals surface area contributed by atoms with Gasteiger partial charge in [0.15, 0.2) is 0 Å². The highest BCUT2D eigenvalue weighted by Crippen LogP contribution is 2.17. The molecule has 0 saturated carbocycles. The van der Waals surface area contributed by atoms with Gasteiger partial charge in [-0.25, -0.2) is 0 Å². The van der Waals surface area contributed by atoms with Gasteiger partial charge in [0.25, 0.3) is 0 Å². The Balaban J connectivity index is 2.62. The molecule has 0 aliphatic rings. The predicted octanol–water partition coefficient (Wildman–Crippen LogP) is 3.15. The number of nitrogens with zero attached hydrogens (tertiary/aromatic N) is 1. The third-order valence-electron chi connectivity index (χ3n) is 3.45. The van der Waals surface area contributed by atoms with Crippen molar-refractivity contribution in [1.29, 1.82) is 0 Å². The van der Waals surface area contributed by atoms with Crippen molar-refractivity contribution in [2.45, 2.75) is 45.8 Å². The van der Waals surface area contributed by atoms with Crippen molar-refractivity contribution >= 4 is 0 Å². The fourth-order valence-electron chi connectivity index (χ4n) is 2.32. The minimum absolute atomic E-state index is 0.388. The number of aliphatic hydroxyl groups excluding tert-OH is 1. The minimum atomic E-state index is -0.388. The maximum Gasteiger partial charge on any atom is 0.0917 e. The zero-order chi connectivity index (χ0) is 12.8. The molecule has 0 radical (unpaired) electrons. The lowest BCUT2D eigenvalue weighted by Gasteiger charge is -2.28. The average molecular weight is 235 g/mol. The van der Waals surface area contributed by atoms with Crippen LogP contribution in [0.2, 0.25) is 0 Å². The SMILES string of the molecule is CCC(CC)N(C)CC(O)c1cccc(C)c1. The van der Waals surface area contributed by atoms with Crippen LogP contribution in [0.5, 0.6) is 0 Å². The van der Waals surface area contributed by atoms with Crippen LogP contribution >= 0.6 is 0 Å². The Bertz CT molecular complexity index is 333. The first-order valence-electron chi connectivity index (χ1n) is 6.53. The first kappa shape index (κ1) is 14.2. The van der Waals surface area contributed by atoms with Gasteiger partial charge in [-0.2, -0.15) is 0 Å². The van der Waals surface area contributed by atoms with E-state index in [-0.39, 0.29) is 6.10 Å². The molecular formula is C15H25NO. The van der Waals surface area contributed by atoms with Crippen LogP contribution < -0.4 is 0 Å². The fraction of sp³-hybridized carbons (Fsp3) is 0.600. The Labute approximate surface area is 105 Å². The summed E-state index contributed by atoms with van der Waals surface area (Å²) >= 11 is 0. The van der Waals surface area contributed by atoms with E-state index in [9.17, 15) is 5.11 Å². The van der Waals surface area contributed by atoms with Crippen molar-refractivity contribution in [3.05, 3.63) is 35.4 Å². The van der Waals surface area contributed by atoms with Gasteiger partial charge < -0.3 is 10.0 Å². The summed E-state index contributed by atoms with van der Waals surface area (Å²) in [6.45, 7) is 7.16. The summed E-state index contributed by atoms with van der Waals surface area (Å²) < 4.78 is 0. The van der Waals surface area contributed by atoms with Crippen LogP contribution in [0.15, 0.2) is 24.3 Å². The third-order valence-corrected chi connectivity index (χ3v) is 3.45. The molecule has 2 heteroatoms. The Kier molecular flexibility index (Phi) is 5.66. The van der Waals surface area contributed by atoms with Gasteiger partial charge in [-0.15, -0.1) is 0 Å². The molecule has 0 saturated heterocycles. The molecule has 1 aromatic rings. The summed E-state index contributed by atoms with van der Waals surface area (Å²) in [7, 11) is 2.09. The summed E-state index contributed by atoms with van der Waals surface area (Å²) in [6, 6.07) is 8.68. The van der Waals surface area contributed by atoms with Crippen LogP contribution in [0.4, 0.5) is 0 Å². The standard InChI is InChI=1S/C15H25NO/c1-5-14(6-2)16(4)11-15(17)13-9-7-8-12(3)10-13/h7-10,14-15,17H,5-6,11H2,1-4H3. The van der Waals surface area contributed by atoms with Crippen LogP contribution in [0.3, 0.4) is 0 Å². The van der Waals surface area contributed by atoms with Gasteiger partial charge >= 0.3 is 0 Å². The molecule has 2 nitrogen and oxygen atoms in total. The second kappa shape index (κ2) is 6.77. The Morgan fingerprint density at radius 2 is 1.88 bits per heavy atom. The van der Waals surface area contributed by atoms with E-state index in [1.807, 2.05) is 12.1 Å². The molecular weight excluding hydrogens is 210 g/mol. The monoisotopic (exact) mass is 235 g/mol. The molecule has 0 aromatic heterocycles. The fourth-order valence-corrected chi connectivity index (χ4v) is 2.32. The average Bonchev–Trinajstić information content (AvgIpc) is 2.30. The van der Waals surface area contributed by atoms with E-state index in [4.69, 9.17) is 0 Å². The molecule has 0 aliphatic carbocycles. The highest BCUT2D eigenvalue weighted by Gasteiger charge is 2.15. The summed E-state index contributed by atoms with van der Waals surface area (Å²) in [6.07, 6.45) is 1.88. The Morgan fingerprint density at radius 3 is 2.41 bits per heavy atom. The molecule has 17 heavy (non-hydrogen) atoms. The van der Waals surface area contributed by atoms with Crippen molar-refractivity contribution in [1.82, 2.24) is 4.90 Å². The molecule has 1 rings (SSSR count). The molecule has 1 aromatic carbocycles. The van der Waals surface area contributed by atoms with Crippen molar-refractivity contribution < 1.29 is 5.11 Å². The van der Waals surface area contributed by atoms with Gasteiger partial charge in [0, 0.05) is 12.6 Å². The highest BCUT2D eigenvalue weighted by molar-refractivity contribution is 5.24. The lowest BCUT2D eigenvalue weighted by molar-refractivity contribution is 0.101. The van der Waals surface area contributed by atoms with Gasteiger partial charge in [0.05, 0.1) is 6.10 Å². The van der Waals surface area contributed by atoms with Gasteiger partial charge in [-0.3, -0.25) is 0 Å². The summed E-state index contributed by atoms with van der Waals surface area (Å²) in [5.74, 6) is 0. The van der Waals surface area contributed by atoms with E-state index < -0.39 is 0 Å². The zero-order valence-electron chi connectivity index (χ0n) is 11.5. The smallest absolute Gasteiger partial charge is 0.0917 e. The Hall–Kier alpha value is -0.860. The summed E-state index contributed by atoms with van der Waals surface area (Å²) in [5.41, 5.74) is 2.22. The van der Waals surface area contributed by atoms with Gasteiger partial charge in [-0.05, 0) is 32.4 Å². The second-order valence-electron chi connectivity index (χ2n) is 4.84. The molecule has 0 amide bonds. The first-order valence-corrected chi connectivity index (χ1v) is 6.53. The quantitative estimate of drug-likeness (QED) is 0.818. The highest BCUT2D eigenvalue weighted by atomic mass is 16.3. The van der Waals surface area contributed by atoms with Crippen molar-refractivity contribution in [3.63, 3.8) is 0 Å². The van der Waals surface area contributed by atoms with Crippen LogP contribution in [-0.4, -0.2) is 29.6 Å². The molecule has 96 valence electrons. The van der Waals surface area contributed by atoms with Gasteiger partial charge in [-0.1, -0.05) is 43.7 Å². The number of aliphatic hydroxyl groups is 1. The summed E-state index contributed by atoms with van der Waals surface area (Å²) in [5, 5.41) is 10.2. The van der Waals surface area contributed by atoms with Crippen molar-refractivity contribution in [3.8, 4) is 0 Å². The van der Waals surface area contributed by atoms with Crippen LogP contribution in [0.25, 0.3) is 0 Å². The largest absolute Gasteiger partial charge is 0.387 e. The molecule has 0 aliphatic heterocycles. The maximum atomic E-state index is 10.2. The lowest BCUT2D eigenvalue weighted by atomic mass is 10.0. The third kappa shape index (κ3) is 4.14. The van der Waals surface area contributed by atoms with Crippen LogP contribution in [0, 0.1) is 6.92 Å². The molecule has 0 heterocycles. The van der Waals surface area contributed by atoms with E-state index >= 15 is 0 Å². The van der Waals surface area contributed by atoms with Gasteiger partial charge in [0.1, 0.15) is 0 Å². The van der Waals surface area contributed by atoms with E-state index in [0.29, 0.717) is 12.6 Å². The molecule has 0 spiro atoms. The molecule has 1 N–H and O–H groups in total. The molecule has 0 fully saturated rings. The molecule has 1 atom stereocenters. The number of hydrogen-bond acceptors (Lipinski definition) is 2. The number of aryl methyl sites for hydroxylation is 1. The minimum Gasteiger partial charge on any atom is -0.387 e. The first-order chi connectivity index (χ1) is 8.08. The second-order valence-corrected chi connectivity index (χ2v) is 4.84. The van der Waals surface area contributed by atoms with Crippen molar-refractivity contribution in [2.24, 2.45) is 0 Å². The number of likely N-dealkylation sites (N-methyl/N-ethyl adjacent to an activating group) is 1. The van der Waals surface area contributed by atoms with Crippen LogP contribution in [-0.2, 0) is 0 Å². The molecule has 0 bridgehead atoms. The van der Waals surface area contributed by atoms with Crippen LogP contribution in [0.1, 0.15) is 43.9 Å². The summed E-state index contributed by atoms with van der Waals surface area (Å²) in [4.78, 5) is 2.26. The number of benzene rings is 1. The maximum absolute atomic E-state index is 10.2. The van der Waals surface area contributed by atoms with Gasteiger partial charge in [0.2, 0.25) is 0 Å². The Morgan fingerprint density at radius 1 is 1.24 bits per heavy atom. The number of rotatable bonds is 6. The zero-order valence-corrected chi connectivity index (χ0v) is 11.5. The normalized spacial score (nSPS) is 13.4. The van der Waals surface area contributed by atoms with E-state index in [1.165, 1.54) is 5.56 Å². The lowest BCUT2D eigenvalue weighted by Crippen LogP contribution is -2.34. The number of hydrogen-bond donors (Lipinski definition) is 1. The predicted molar refractivity (Wildman–Crippen MR) is 73.1 cm³/mol.